The molecule has 3 nitrogen and oxygen atoms in total. The highest BCUT2D eigenvalue weighted by Gasteiger charge is 2.17. The Bertz CT molecular complexity index is 1240. The van der Waals surface area contributed by atoms with Gasteiger partial charge in [-0.1, -0.05) is 48.2 Å². The SMILES string of the molecule is Cc1ccccc1CSc1nc2ccccc2c(=O)n1-c1ccc(F)cc1F. The Morgan fingerprint density at radius 1 is 1.00 bits per heavy atom. The van der Waals surface area contributed by atoms with Crippen molar-refractivity contribution in [2.24, 2.45) is 0 Å². The van der Waals surface area contributed by atoms with Crippen molar-refractivity contribution in [1.29, 1.82) is 0 Å². The summed E-state index contributed by atoms with van der Waals surface area (Å²) in [6, 6.07) is 18.0. The first-order chi connectivity index (χ1) is 13.5. The highest BCUT2D eigenvalue weighted by molar-refractivity contribution is 7.98. The van der Waals surface area contributed by atoms with E-state index in [1.54, 1.807) is 24.3 Å². The summed E-state index contributed by atoms with van der Waals surface area (Å²) in [5.41, 5.74) is 2.36. The number of aryl methyl sites for hydroxylation is 1. The number of hydrogen-bond acceptors (Lipinski definition) is 3. The summed E-state index contributed by atoms with van der Waals surface area (Å²) < 4.78 is 29.1. The van der Waals surface area contributed by atoms with Crippen LogP contribution in [0.3, 0.4) is 0 Å². The van der Waals surface area contributed by atoms with E-state index in [0.29, 0.717) is 21.8 Å². The Hall–Kier alpha value is -2.99. The van der Waals surface area contributed by atoms with Crippen molar-refractivity contribution >= 4 is 22.7 Å². The maximum atomic E-state index is 14.5. The second-order valence-corrected chi connectivity index (χ2v) is 7.31. The minimum Gasteiger partial charge on any atom is -0.268 e. The van der Waals surface area contributed by atoms with E-state index in [-0.39, 0.29) is 11.2 Å². The first kappa shape index (κ1) is 18.4. The van der Waals surface area contributed by atoms with Crippen molar-refractivity contribution in [1.82, 2.24) is 9.55 Å². The Morgan fingerprint density at radius 2 is 1.75 bits per heavy atom. The topological polar surface area (TPSA) is 34.9 Å². The molecule has 0 atom stereocenters. The van der Waals surface area contributed by atoms with Crippen LogP contribution in [0.1, 0.15) is 11.1 Å². The zero-order valence-corrected chi connectivity index (χ0v) is 15.8. The molecule has 0 saturated carbocycles. The van der Waals surface area contributed by atoms with Crippen LogP contribution in [0.4, 0.5) is 8.78 Å². The lowest BCUT2D eigenvalue weighted by molar-refractivity contribution is 0.572. The number of thioether (sulfide) groups is 1. The number of rotatable bonds is 4. The molecule has 0 aliphatic rings. The lowest BCUT2D eigenvalue weighted by Gasteiger charge is -2.14. The average molecular weight is 394 g/mol. The molecule has 0 bridgehead atoms. The van der Waals surface area contributed by atoms with E-state index >= 15 is 0 Å². The zero-order chi connectivity index (χ0) is 19.7. The summed E-state index contributed by atoms with van der Waals surface area (Å²) in [7, 11) is 0. The molecule has 0 aliphatic carbocycles. The van der Waals surface area contributed by atoms with Gasteiger partial charge in [0, 0.05) is 11.8 Å². The van der Waals surface area contributed by atoms with Crippen LogP contribution < -0.4 is 5.56 Å². The van der Waals surface area contributed by atoms with Crippen molar-refractivity contribution in [3.63, 3.8) is 0 Å². The van der Waals surface area contributed by atoms with E-state index < -0.39 is 11.6 Å². The lowest BCUT2D eigenvalue weighted by Crippen LogP contribution is -2.22. The summed E-state index contributed by atoms with van der Waals surface area (Å²) in [5, 5.41) is 0.740. The van der Waals surface area contributed by atoms with Gasteiger partial charge in [0.1, 0.15) is 11.6 Å². The molecule has 0 saturated heterocycles. The van der Waals surface area contributed by atoms with Gasteiger partial charge in [-0.3, -0.25) is 9.36 Å². The predicted molar refractivity (Wildman–Crippen MR) is 108 cm³/mol. The molecule has 3 aromatic carbocycles. The predicted octanol–water partition coefficient (Wildman–Crippen LogP) is 5.26. The molecule has 6 heteroatoms. The van der Waals surface area contributed by atoms with Crippen LogP contribution in [0.15, 0.2) is 76.7 Å². The van der Waals surface area contributed by atoms with Crippen molar-refractivity contribution in [3.8, 4) is 5.69 Å². The van der Waals surface area contributed by atoms with Crippen LogP contribution in [0.2, 0.25) is 0 Å². The van der Waals surface area contributed by atoms with Crippen LogP contribution in [-0.4, -0.2) is 9.55 Å². The second kappa shape index (κ2) is 7.56. The average Bonchev–Trinajstić information content (AvgIpc) is 2.68. The zero-order valence-electron chi connectivity index (χ0n) is 15.0. The largest absolute Gasteiger partial charge is 0.268 e. The Labute approximate surface area is 164 Å². The fraction of sp³-hybridized carbons (Fsp3) is 0.0909. The number of nitrogens with zero attached hydrogens (tertiary/aromatic N) is 2. The molecule has 4 aromatic rings. The number of hydrogen-bond donors (Lipinski definition) is 0. The molecule has 0 unspecified atom stereocenters. The van der Waals surface area contributed by atoms with E-state index in [2.05, 4.69) is 4.98 Å². The molecule has 0 spiro atoms. The number of benzene rings is 3. The van der Waals surface area contributed by atoms with Gasteiger partial charge in [0.05, 0.1) is 16.6 Å². The molecule has 4 rings (SSSR count). The fourth-order valence-corrected chi connectivity index (χ4v) is 4.08. The molecular weight excluding hydrogens is 378 g/mol. The number of aromatic nitrogens is 2. The van der Waals surface area contributed by atoms with E-state index in [1.165, 1.54) is 22.4 Å². The normalized spacial score (nSPS) is 11.1. The van der Waals surface area contributed by atoms with E-state index in [4.69, 9.17) is 0 Å². The Morgan fingerprint density at radius 3 is 2.54 bits per heavy atom. The molecule has 1 heterocycles. The van der Waals surface area contributed by atoms with Crippen LogP contribution in [0, 0.1) is 18.6 Å². The monoisotopic (exact) mass is 394 g/mol. The van der Waals surface area contributed by atoms with Gasteiger partial charge in [-0.2, -0.15) is 0 Å². The van der Waals surface area contributed by atoms with Gasteiger partial charge >= 0.3 is 0 Å². The molecule has 0 aliphatic heterocycles. The van der Waals surface area contributed by atoms with E-state index in [0.717, 1.165) is 23.3 Å². The molecule has 0 amide bonds. The third-order valence-corrected chi connectivity index (χ3v) is 5.50. The number of para-hydroxylation sites is 1. The van der Waals surface area contributed by atoms with Crippen molar-refractivity contribution in [2.45, 2.75) is 17.8 Å². The van der Waals surface area contributed by atoms with E-state index in [1.807, 2.05) is 31.2 Å². The lowest BCUT2D eigenvalue weighted by atomic mass is 10.1. The van der Waals surface area contributed by atoms with Crippen LogP contribution in [0.25, 0.3) is 16.6 Å². The summed E-state index contributed by atoms with van der Waals surface area (Å²) in [5.74, 6) is -0.936. The molecular formula is C22H16F2N2OS. The first-order valence-corrected chi connectivity index (χ1v) is 9.67. The minimum atomic E-state index is -0.808. The van der Waals surface area contributed by atoms with Gasteiger partial charge in [0.15, 0.2) is 5.16 Å². The van der Waals surface area contributed by atoms with Crippen LogP contribution in [-0.2, 0) is 5.75 Å². The van der Waals surface area contributed by atoms with Crippen LogP contribution >= 0.6 is 11.8 Å². The highest BCUT2D eigenvalue weighted by Crippen LogP contribution is 2.26. The summed E-state index contributed by atoms with van der Waals surface area (Å²) >= 11 is 1.34. The maximum Gasteiger partial charge on any atom is 0.266 e. The van der Waals surface area contributed by atoms with Gasteiger partial charge in [-0.25, -0.2) is 13.8 Å². The molecule has 0 fully saturated rings. The molecule has 0 N–H and O–H groups in total. The fourth-order valence-electron chi connectivity index (χ4n) is 3.00. The van der Waals surface area contributed by atoms with Gasteiger partial charge in [-0.15, -0.1) is 0 Å². The number of fused-ring (bicyclic) bond motifs is 1. The molecule has 1 aromatic heterocycles. The quantitative estimate of drug-likeness (QED) is 0.350. The van der Waals surface area contributed by atoms with Gasteiger partial charge in [-0.05, 0) is 42.3 Å². The van der Waals surface area contributed by atoms with Gasteiger partial charge in [0.2, 0.25) is 0 Å². The van der Waals surface area contributed by atoms with Gasteiger partial charge in [0.25, 0.3) is 5.56 Å². The molecule has 28 heavy (non-hydrogen) atoms. The van der Waals surface area contributed by atoms with Crippen molar-refractivity contribution < 1.29 is 8.78 Å². The summed E-state index contributed by atoms with van der Waals surface area (Å²) in [6.45, 7) is 2.01. The van der Waals surface area contributed by atoms with Crippen molar-refractivity contribution in [3.05, 3.63) is 99.8 Å². The highest BCUT2D eigenvalue weighted by atomic mass is 32.2. The van der Waals surface area contributed by atoms with Gasteiger partial charge < -0.3 is 0 Å². The summed E-state index contributed by atoms with van der Waals surface area (Å²) in [6.07, 6.45) is 0. The molecule has 140 valence electrons. The molecule has 0 radical (unpaired) electrons. The Kier molecular flexibility index (Phi) is 4.96. The van der Waals surface area contributed by atoms with Crippen molar-refractivity contribution in [2.75, 3.05) is 0 Å². The third kappa shape index (κ3) is 3.43. The second-order valence-electron chi connectivity index (χ2n) is 6.36. The van der Waals surface area contributed by atoms with E-state index in [9.17, 15) is 13.6 Å². The Balaban J connectivity index is 1.88. The third-order valence-electron chi connectivity index (χ3n) is 4.51. The summed E-state index contributed by atoms with van der Waals surface area (Å²) in [4.78, 5) is 17.7. The number of halogens is 2. The minimum absolute atomic E-state index is 0.0167. The smallest absolute Gasteiger partial charge is 0.266 e. The maximum absolute atomic E-state index is 14.5. The standard InChI is InChI=1S/C22H16F2N2OS/c1-14-6-2-3-7-15(14)13-28-22-25-19-9-5-4-8-17(19)21(27)26(22)20-11-10-16(23)12-18(20)24/h2-12H,13H2,1H3. The first-order valence-electron chi connectivity index (χ1n) is 8.69. The van der Waals surface area contributed by atoms with Crippen LogP contribution in [0.5, 0.6) is 0 Å².